The summed E-state index contributed by atoms with van der Waals surface area (Å²) in [6, 6.07) is 3.78. The lowest BCUT2D eigenvalue weighted by Gasteiger charge is -2.08. The van der Waals surface area contributed by atoms with E-state index in [-0.39, 0.29) is 0 Å². The SMILES string of the molecule is CCOc1cc(NCc2cnccc2C)ncn1. The Morgan fingerprint density at radius 2 is 2.22 bits per heavy atom. The molecule has 5 nitrogen and oxygen atoms in total. The van der Waals surface area contributed by atoms with Crippen molar-refractivity contribution < 1.29 is 4.74 Å². The van der Waals surface area contributed by atoms with Crippen LogP contribution in [0.5, 0.6) is 5.88 Å². The summed E-state index contributed by atoms with van der Waals surface area (Å²) in [6.45, 7) is 5.26. The van der Waals surface area contributed by atoms with Gasteiger partial charge in [-0.05, 0) is 31.0 Å². The van der Waals surface area contributed by atoms with Gasteiger partial charge >= 0.3 is 0 Å². The fraction of sp³-hybridized carbons (Fsp3) is 0.308. The van der Waals surface area contributed by atoms with Gasteiger partial charge in [0.15, 0.2) is 0 Å². The van der Waals surface area contributed by atoms with Crippen LogP contribution in [0, 0.1) is 6.92 Å². The van der Waals surface area contributed by atoms with E-state index in [4.69, 9.17) is 4.74 Å². The maximum atomic E-state index is 5.32. The molecule has 2 heterocycles. The van der Waals surface area contributed by atoms with E-state index >= 15 is 0 Å². The molecule has 0 aliphatic carbocycles. The molecule has 0 atom stereocenters. The van der Waals surface area contributed by atoms with Crippen molar-refractivity contribution in [2.75, 3.05) is 11.9 Å². The summed E-state index contributed by atoms with van der Waals surface area (Å²) in [5, 5.41) is 3.23. The summed E-state index contributed by atoms with van der Waals surface area (Å²) in [5.74, 6) is 1.33. The second-order valence-corrected chi connectivity index (χ2v) is 3.83. The molecule has 1 N–H and O–H groups in total. The fourth-order valence-corrected chi connectivity index (χ4v) is 1.53. The molecule has 0 spiro atoms. The maximum Gasteiger partial charge on any atom is 0.218 e. The quantitative estimate of drug-likeness (QED) is 0.873. The van der Waals surface area contributed by atoms with E-state index in [1.807, 2.05) is 19.2 Å². The van der Waals surface area contributed by atoms with Gasteiger partial charge in [0.25, 0.3) is 0 Å². The topological polar surface area (TPSA) is 59.9 Å². The number of nitrogens with one attached hydrogen (secondary N) is 1. The summed E-state index contributed by atoms with van der Waals surface area (Å²) < 4.78 is 5.32. The molecule has 0 amide bonds. The highest BCUT2D eigenvalue weighted by molar-refractivity contribution is 5.38. The lowest BCUT2D eigenvalue weighted by molar-refractivity contribution is 0.326. The van der Waals surface area contributed by atoms with E-state index in [2.05, 4.69) is 27.2 Å². The molecule has 0 saturated heterocycles. The Balaban J connectivity index is 2.02. The predicted molar refractivity (Wildman–Crippen MR) is 69.5 cm³/mol. The molecule has 0 unspecified atom stereocenters. The number of anilines is 1. The molecular weight excluding hydrogens is 228 g/mol. The predicted octanol–water partition coefficient (Wildman–Crippen LogP) is 2.19. The molecule has 18 heavy (non-hydrogen) atoms. The van der Waals surface area contributed by atoms with E-state index in [9.17, 15) is 0 Å². The number of aromatic nitrogens is 3. The van der Waals surface area contributed by atoms with E-state index in [0.717, 1.165) is 11.4 Å². The Bertz CT molecular complexity index is 516. The minimum Gasteiger partial charge on any atom is -0.478 e. The molecule has 0 aromatic carbocycles. The Morgan fingerprint density at radius 1 is 1.33 bits per heavy atom. The zero-order valence-corrected chi connectivity index (χ0v) is 10.6. The average Bonchev–Trinajstić information content (AvgIpc) is 2.39. The van der Waals surface area contributed by atoms with Gasteiger partial charge < -0.3 is 10.1 Å². The number of hydrogen-bond acceptors (Lipinski definition) is 5. The molecule has 0 aliphatic heterocycles. The van der Waals surface area contributed by atoms with Crippen molar-refractivity contribution in [1.82, 2.24) is 15.0 Å². The van der Waals surface area contributed by atoms with Crippen LogP contribution in [-0.4, -0.2) is 21.6 Å². The van der Waals surface area contributed by atoms with E-state index in [1.165, 1.54) is 11.9 Å². The highest BCUT2D eigenvalue weighted by atomic mass is 16.5. The van der Waals surface area contributed by atoms with E-state index in [0.29, 0.717) is 19.0 Å². The van der Waals surface area contributed by atoms with E-state index in [1.54, 1.807) is 12.3 Å². The minimum absolute atomic E-state index is 0.581. The minimum atomic E-state index is 0.581. The Kier molecular flexibility index (Phi) is 4.06. The first-order chi connectivity index (χ1) is 8.79. The van der Waals surface area contributed by atoms with Gasteiger partial charge in [-0.3, -0.25) is 4.98 Å². The second kappa shape index (κ2) is 5.95. The van der Waals surface area contributed by atoms with Crippen molar-refractivity contribution in [3.8, 4) is 5.88 Å². The van der Waals surface area contributed by atoms with Gasteiger partial charge in [-0.25, -0.2) is 9.97 Å². The van der Waals surface area contributed by atoms with Gasteiger partial charge in [0.2, 0.25) is 5.88 Å². The number of ether oxygens (including phenoxy) is 1. The monoisotopic (exact) mass is 244 g/mol. The van der Waals surface area contributed by atoms with Crippen molar-refractivity contribution in [2.24, 2.45) is 0 Å². The van der Waals surface area contributed by atoms with Gasteiger partial charge in [0.05, 0.1) is 6.61 Å². The van der Waals surface area contributed by atoms with Gasteiger partial charge in [-0.2, -0.15) is 0 Å². The molecule has 2 rings (SSSR count). The Hall–Kier alpha value is -2.17. The zero-order valence-electron chi connectivity index (χ0n) is 10.6. The lowest BCUT2D eigenvalue weighted by Crippen LogP contribution is -2.04. The van der Waals surface area contributed by atoms with Gasteiger partial charge in [0, 0.05) is 25.0 Å². The van der Waals surface area contributed by atoms with Crippen molar-refractivity contribution in [1.29, 1.82) is 0 Å². The van der Waals surface area contributed by atoms with Crippen LogP contribution in [0.15, 0.2) is 30.9 Å². The molecule has 2 aromatic rings. The third-order valence-electron chi connectivity index (χ3n) is 2.54. The van der Waals surface area contributed by atoms with Crippen LogP contribution in [0.1, 0.15) is 18.1 Å². The third-order valence-corrected chi connectivity index (χ3v) is 2.54. The highest BCUT2D eigenvalue weighted by Crippen LogP contribution is 2.13. The van der Waals surface area contributed by atoms with Gasteiger partial charge in [-0.15, -0.1) is 0 Å². The molecule has 0 aliphatic rings. The van der Waals surface area contributed by atoms with Crippen LogP contribution in [0.4, 0.5) is 5.82 Å². The zero-order chi connectivity index (χ0) is 12.8. The lowest BCUT2D eigenvalue weighted by atomic mass is 10.1. The number of rotatable bonds is 5. The summed E-state index contributed by atoms with van der Waals surface area (Å²) in [5.41, 5.74) is 2.35. The molecule has 5 heteroatoms. The van der Waals surface area contributed by atoms with Crippen LogP contribution in [0.3, 0.4) is 0 Å². The Labute approximate surface area is 106 Å². The summed E-state index contributed by atoms with van der Waals surface area (Å²) in [4.78, 5) is 12.3. The molecular formula is C13H16N4O. The fourth-order valence-electron chi connectivity index (χ4n) is 1.53. The summed E-state index contributed by atoms with van der Waals surface area (Å²) in [7, 11) is 0. The van der Waals surface area contributed by atoms with Crippen LogP contribution in [0.25, 0.3) is 0 Å². The third kappa shape index (κ3) is 3.16. The molecule has 0 radical (unpaired) electrons. The first-order valence-electron chi connectivity index (χ1n) is 5.88. The molecule has 0 fully saturated rings. The van der Waals surface area contributed by atoms with Crippen LogP contribution in [-0.2, 0) is 6.54 Å². The molecule has 94 valence electrons. The van der Waals surface area contributed by atoms with Gasteiger partial charge in [0.1, 0.15) is 12.1 Å². The molecule has 0 bridgehead atoms. The Morgan fingerprint density at radius 3 is 3.00 bits per heavy atom. The molecule has 0 saturated carbocycles. The van der Waals surface area contributed by atoms with Crippen LogP contribution in [0.2, 0.25) is 0 Å². The van der Waals surface area contributed by atoms with Crippen molar-refractivity contribution in [3.05, 3.63) is 42.0 Å². The average molecular weight is 244 g/mol. The smallest absolute Gasteiger partial charge is 0.218 e. The summed E-state index contributed by atoms with van der Waals surface area (Å²) in [6.07, 6.45) is 5.13. The number of aryl methyl sites for hydroxylation is 1. The second-order valence-electron chi connectivity index (χ2n) is 3.83. The van der Waals surface area contributed by atoms with Crippen LogP contribution >= 0.6 is 0 Å². The maximum absolute atomic E-state index is 5.32. The number of hydrogen-bond donors (Lipinski definition) is 1. The van der Waals surface area contributed by atoms with Crippen LogP contribution < -0.4 is 10.1 Å². The van der Waals surface area contributed by atoms with E-state index < -0.39 is 0 Å². The van der Waals surface area contributed by atoms with Crippen molar-refractivity contribution in [3.63, 3.8) is 0 Å². The molecule has 2 aromatic heterocycles. The number of nitrogens with zero attached hydrogens (tertiary/aromatic N) is 3. The first kappa shape index (κ1) is 12.3. The summed E-state index contributed by atoms with van der Waals surface area (Å²) >= 11 is 0. The van der Waals surface area contributed by atoms with Crippen molar-refractivity contribution in [2.45, 2.75) is 20.4 Å². The standard InChI is InChI=1S/C13H16N4O/c1-3-18-13-6-12(16-9-17-13)15-8-11-7-14-5-4-10(11)2/h4-7,9H,3,8H2,1-2H3,(H,15,16,17). The number of pyridine rings is 1. The largest absolute Gasteiger partial charge is 0.478 e. The first-order valence-corrected chi connectivity index (χ1v) is 5.88. The normalized spacial score (nSPS) is 10.1. The highest BCUT2D eigenvalue weighted by Gasteiger charge is 2.01. The van der Waals surface area contributed by atoms with Crippen molar-refractivity contribution >= 4 is 5.82 Å². The van der Waals surface area contributed by atoms with Gasteiger partial charge in [-0.1, -0.05) is 0 Å².